The molecule has 2 aromatic rings. The van der Waals surface area contributed by atoms with E-state index >= 15 is 0 Å². The number of fused-ring (bicyclic) bond motifs is 1. The quantitative estimate of drug-likeness (QED) is 0.264. The molecular weight excluding hydrogens is 166 g/mol. The molecule has 2 rings (SSSR count). The molecule has 4 nitrogen and oxygen atoms in total. The monoisotopic (exact) mass is 175 g/mol. The van der Waals surface area contributed by atoms with Gasteiger partial charge in [0.1, 0.15) is 0 Å². The minimum atomic E-state index is 0.122. The average molecular weight is 175 g/mol. The number of aromatic amines is 1. The lowest BCUT2D eigenvalue weighted by Crippen LogP contribution is -2.12. The Kier molecular flexibility index (Phi) is 1.66. The van der Waals surface area contributed by atoms with Crippen LogP contribution in [0.15, 0.2) is 35.6 Å². The van der Waals surface area contributed by atoms with Crippen molar-refractivity contribution in [2.75, 3.05) is 0 Å². The van der Waals surface area contributed by atoms with E-state index in [0.717, 1.165) is 10.9 Å². The summed E-state index contributed by atoms with van der Waals surface area (Å²) in [6, 6.07) is 7.53. The summed E-state index contributed by atoms with van der Waals surface area (Å²) in [6.45, 7) is 0. The molecule has 13 heavy (non-hydrogen) atoms. The molecule has 1 aromatic carbocycles. The minimum Gasteiger partial charge on any atom is -0.409 e. The van der Waals surface area contributed by atoms with Gasteiger partial charge in [0.25, 0.3) is 0 Å². The van der Waals surface area contributed by atoms with Crippen molar-refractivity contribution >= 4 is 16.7 Å². The topological polar surface area (TPSA) is 74.4 Å². The SMILES string of the molecule is N/C(=N/O)c1ccc2cc[nH]c2c1. The van der Waals surface area contributed by atoms with Gasteiger partial charge >= 0.3 is 0 Å². The summed E-state index contributed by atoms with van der Waals surface area (Å²) in [7, 11) is 0. The van der Waals surface area contributed by atoms with Gasteiger partial charge in [0.2, 0.25) is 0 Å². The molecule has 0 bridgehead atoms. The summed E-state index contributed by atoms with van der Waals surface area (Å²) in [4.78, 5) is 3.05. The maximum Gasteiger partial charge on any atom is 0.170 e. The summed E-state index contributed by atoms with van der Waals surface area (Å²) in [5.74, 6) is 0.122. The van der Waals surface area contributed by atoms with E-state index in [1.807, 2.05) is 30.5 Å². The number of nitrogens with zero attached hydrogens (tertiary/aromatic N) is 1. The third-order valence-corrected chi connectivity index (χ3v) is 1.96. The van der Waals surface area contributed by atoms with Gasteiger partial charge in [-0.25, -0.2) is 0 Å². The summed E-state index contributed by atoms with van der Waals surface area (Å²) in [5.41, 5.74) is 7.12. The molecule has 0 amide bonds. The molecule has 0 fully saturated rings. The first kappa shape index (κ1) is 7.67. The highest BCUT2D eigenvalue weighted by atomic mass is 16.4. The third-order valence-electron chi connectivity index (χ3n) is 1.96. The molecule has 1 aromatic heterocycles. The van der Waals surface area contributed by atoms with Gasteiger partial charge < -0.3 is 15.9 Å². The first-order chi connectivity index (χ1) is 6.31. The summed E-state index contributed by atoms with van der Waals surface area (Å²) >= 11 is 0. The maximum absolute atomic E-state index is 8.46. The first-order valence-electron chi connectivity index (χ1n) is 3.86. The fraction of sp³-hybridized carbons (Fsp3) is 0. The molecule has 0 radical (unpaired) electrons. The van der Waals surface area contributed by atoms with Crippen molar-refractivity contribution in [2.45, 2.75) is 0 Å². The van der Waals surface area contributed by atoms with Gasteiger partial charge in [-0.1, -0.05) is 17.3 Å². The molecule has 4 N–H and O–H groups in total. The number of aromatic nitrogens is 1. The smallest absolute Gasteiger partial charge is 0.170 e. The van der Waals surface area contributed by atoms with E-state index in [1.54, 1.807) is 0 Å². The molecule has 0 unspecified atom stereocenters. The number of hydrogen-bond donors (Lipinski definition) is 3. The molecule has 66 valence electrons. The highest BCUT2D eigenvalue weighted by Crippen LogP contribution is 2.13. The Morgan fingerprint density at radius 3 is 3.00 bits per heavy atom. The lowest BCUT2D eigenvalue weighted by Gasteiger charge is -1.97. The lowest BCUT2D eigenvalue weighted by atomic mass is 10.1. The van der Waals surface area contributed by atoms with Crippen LogP contribution in [0.2, 0.25) is 0 Å². The molecule has 4 heteroatoms. The van der Waals surface area contributed by atoms with Crippen LogP contribution >= 0.6 is 0 Å². The van der Waals surface area contributed by atoms with Crippen molar-refractivity contribution in [3.63, 3.8) is 0 Å². The molecular formula is C9H9N3O. The highest BCUT2D eigenvalue weighted by molar-refractivity contribution is 6.00. The minimum absolute atomic E-state index is 0.122. The molecule has 0 saturated heterocycles. The number of benzene rings is 1. The number of amidine groups is 1. The van der Waals surface area contributed by atoms with Gasteiger partial charge in [-0.3, -0.25) is 0 Å². The van der Waals surface area contributed by atoms with Crippen molar-refractivity contribution in [2.24, 2.45) is 10.9 Å². The Hall–Kier alpha value is -1.97. The van der Waals surface area contributed by atoms with Crippen molar-refractivity contribution in [3.05, 3.63) is 36.0 Å². The predicted molar refractivity (Wildman–Crippen MR) is 50.8 cm³/mol. The zero-order chi connectivity index (χ0) is 9.26. The lowest BCUT2D eigenvalue weighted by molar-refractivity contribution is 0.318. The highest BCUT2D eigenvalue weighted by Gasteiger charge is 2.00. The molecule has 0 saturated carbocycles. The number of H-pyrrole nitrogens is 1. The zero-order valence-corrected chi connectivity index (χ0v) is 6.86. The van der Waals surface area contributed by atoms with Crippen molar-refractivity contribution in [1.29, 1.82) is 0 Å². The Morgan fingerprint density at radius 1 is 1.38 bits per heavy atom. The van der Waals surface area contributed by atoms with E-state index in [-0.39, 0.29) is 5.84 Å². The number of nitrogens with two attached hydrogens (primary N) is 1. The van der Waals surface area contributed by atoms with Crippen LogP contribution in [0.1, 0.15) is 5.56 Å². The summed E-state index contributed by atoms with van der Waals surface area (Å²) in [5, 5.41) is 12.5. The average Bonchev–Trinajstić information content (AvgIpc) is 2.63. The second-order valence-electron chi connectivity index (χ2n) is 2.76. The van der Waals surface area contributed by atoms with Crippen LogP contribution in [0.25, 0.3) is 10.9 Å². The summed E-state index contributed by atoms with van der Waals surface area (Å²) < 4.78 is 0. The Balaban J connectivity index is 2.60. The maximum atomic E-state index is 8.46. The predicted octanol–water partition coefficient (Wildman–Crippen LogP) is 1.26. The van der Waals surface area contributed by atoms with Gasteiger partial charge in [-0.2, -0.15) is 0 Å². The van der Waals surface area contributed by atoms with Crippen LogP contribution in [0.3, 0.4) is 0 Å². The number of nitrogens with one attached hydrogen (secondary N) is 1. The van der Waals surface area contributed by atoms with E-state index < -0.39 is 0 Å². The molecule has 0 aliphatic heterocycles. The fourth-order valence-corrected chi connectivity index (χ4v) is 1.26. The molecule has 0 aliphatic carbocycles. The number of oxime groups is 1. The first-order valence-corrected chi connectivity index (χ1v) is 3.86. The van der Waals surface area contributed by atoms with Gasteiger partial charge in [-0.05, 0) is 17.5 Å². The van der Waals surface area contributed by atoms with Crippen molar-refractivity contribution in [1.82, 2.24) is 4.98 Å². The third kappa shape index (κ3) is 1.22. The van der Waals surface area contributed by atoms with Crippen molar-refractivity contribution < 1.29 is 5.21 Å². The number of hydrogen-bond acceptors (Lipinski definition) is 2. The van der Waals surface area contributed by atoms with E-state index in [0.29, 0.717) is 5.56 Å². The van der Waals surface area contributed by atoms with E-state index in [2.05, 4.69) is 10.1 Å². The Morgan fingerprint density at radius 2 is 2.23 bits per heavy atom. The second kappa shape index (κ2) is 2.82. The number of rotatable bonds is 1. The normalized spacial score (nSPS) is 12.2. The van der Waals surface area contributed by atoms with Crippen molar-refractivity contribution in [3.8, 4) is 0 Å². The zero-order valence-electron chi connectivity index (χ0n) is 6.86. The van der Waals surface area contributed by atoms with Crippen LogP contribution in [0, 0.1) is 0 Å². The Labute approximate surface area is 74.7 Å². The second-order valence-corrected chi connectivity index (χ2v) is 2.76. The molecule has 0 spiro atoms. The van der Waals surface area contributed by atoms with Crippen LogP contribution in [0.4, 0.5) is 0 Å². The van der Waals surface area contributed by atoms with Crippen LogP contribution < -0.4 is 5.73 Å². The van der Waals surface area contributed by atoms with Crippen LogP contribution in [-0.2, 0) is 0 Å². The largest absolute Gasteiger partial charge is 0.409 e. The van der Waals surface area contributed by atoms with Gasteiger partial charge in [0.05, 0.1) is 0 Å². The molecule has 0 aliphatic rings. The van der Waals surface area contributed by atoms with E-state index in [9.17, 15) is 0 Å². The van der Waals surface area contributed by atoms with Crippen LogP contribution in [-0.4, -0.2) is 16.0 Å². The van der Waals surface area contributed by atoms with Gasteiger partial charge in [0.15, 0.2) is 5.84 Å². The standard InChI is InChI=1S/C9H9N3O/c10-9(12-13)7-2-1-6-3-4-11-8(6)5-7/h1-5,11,13H,(H2,10,12). The van der Waals surface area contributed by atoms with Gasteiger partial charge in [0, 0.05) is 17.3 Å². The summed E-state index contributed by atoms with van der Waals surface area (Å²) in [6.07, 6.45) is 1.85. The van der Waals surface area contributed by atoms with Gasteiger partial charge in [-0.15, -0.1) is 0 Å². The van der Waals surface area contributed by atoms with E-state index in [1.165, 1.54) is 0 Å². The fourth-order valence-electron chi connectivity index (χ4n) is 1.26. The van der Waals surface area contributed by atoms with Crippen LogP contribution in [0.5, 0.6) is 0 Å². The Bertz CT molecular complexity index is 459. The molecule has 1 heterocycles. The molecule has 0 atom stereocenters. The van der Waals surface area contributed by atoms with E-state index in [4.69, 9.17) is 10.9 Å².